The van der Waals surface area contributed by atoms with Gasteiger partial charge in [-0.3, -0.25) is 9.59 Å². The normalized spacial score (nSPS) is 11.6. The van der Waals surface area contributed by atoms with Gasteiger partial charge in [0.15, 0.2) is 6.61 Å². The van der Waals surface area contributed by atoms with Gasteiger partial charge in [0.25, 0.3) is 5.91 Å². The Bertz CT molecular complexity index is 863. The molecule has 2 rings (SSSR count). The Balaban J connectivity index is 2.15. The molecule has 1 atom stereocenters. The number of nitrogens with zero attached hydrogens (tertiary/aromatic N) is 1. The fourth-order valence-corrected chi connectivity index (χ4v) is 3.27. The number of nitrogens with one attached hydrogen (secondary N) is 1. The molecule has 0 unspecified atom stereocenters. The second kappa shape index (κ2) is 11.4. The number of aryl methyl sites for hydroxylation is 3. The number of amides is 2. The van der Waals surface area contributed by atoms with Gasteiger partial charge in [0.1, 0.15) is 11.8 Å². The van der Waals surface area contributed by atoms with E-state index in [0.29, 0.717) is 18.8 Å². The molecule has 5 nitrogen and oxygen atoms in total. The monoisotopic (exact) mass is 410 g/mol. The van der Waals surface area contributed by atoms with Crippen molar-refractivity contribution < 1.29 is 14.3 Å². The molecule has 0 saturated heterocycles. The Hall–Kier alpha value is -2.82. The molecule has 2 aromatic rings. The Morgan fingerprint density at radius 3 is 2.47 bits per heavy atom. The summed E-state index contributed by atoms with van der Waals surface area (Å²) < 4.78 is 5.81. The molecule has 2 aromatic carbocycles. The standard InChI is InChI=1S/C25H34N2O3/c1-6-7-14-26-25(29)21(5)27(16-22-11-9-8-10-19(22)3)24(28)17-30-23-13-12-18(2)15-20(23)4/h8-13,15,21H,6-7,14,16-17H2,1-5H3,(H,26,29)/t21-/m0/s1. The van der Waals surface area contributed by atoms with Crippen molar-refractivity contribution in [1.82, 2.24) is 10.2 Å². The first-order chi connectivity index (χ1) is 14.3. The van der Waals surface area contributed by atoms with E-state index in [-0.39, 0.29) is 18.4 Å². The summed E-state index contributed by atoms with van der Waals surface area (Å²) in [6.45, 7) is 10.7. The van der Waals surface area contributed by atoms with Crippen molar-refractivity contribution in [3.05, 3.63) is 64.7 Å². The summed E-state index contributed by atoms with van der Waals surface area (Å²) in [4.78, 5) is 27.4. The molecule has 162 valence electrons. The second-order valence-electron chi connectivity index (χ2n) is 7.83. The zero-order chi connectivity index (χ0) is 22.1. The van der Waals surface area contributed by atoms with Crippen LogP contribution in [-0.4, -0.2) is 35.9 Å². The van der Waals surface area contributed by atoms with Gasteiger partial charge >= 0.3 is 0 Å². The lowest BCUT2D eigenvalue weighted by Gasteiger charge is -2.29. The molecule has 0 heterocycles. The van der Waals surface area contributed by atoms with Gasteiger partial charge in [0.05, 0.1) is 0 Å². The fourth-order valence-electron chi connectivity index (χ4n) is 3.27. The zero-order valence-electron chi connectivity index (χ0n) is 18.8. The number of hydrogen-bond donors (Lipinski definition) is 1. The minimum atomic E-state index is -0.586. The number of carbonyl (C=O) groups excluding carboxylic acids is 2. The molecule has 30 heavy (non-hydrogen) atoms. The van der Waals surface area contributed by atoms with Gasteiger partial charge in [-0.1, -0.05) is 55.3 Å². The topological polar surface area (TPSA) is 58.6 Å². The average molecular weight is 411 g/mol. The van der Waals surface area contributed by atoms with Crippen molar-refractivity contribution in [2.75, 3.05) is 13.2 Å². The Morgan fingerprint density at radius 2 is 1.80 bits per heavy atom. The molecule has 5 heteroatoms. The maximum Gasteiger partial charge on any atom is 0.261 e. The van der Waals surface area contributed by atoms with E-state index in [1.165, 1.54) is 0 Å². The van der Waals surface area contributed by atoms with Gasteiger partial charge in [-0.05, 0) is 56.9 Å². The first kappa shape index (κ1) is 23.5. The summed E-state index contributed by atoms with van der Waals surface area (Å²) in [5.74, 6) is 0.332. The lowest BCUT2D eigenvalue weighted by molar-refractivity contribution is -0.142. The maximum atomic E-state index is 13.1. The van der Waals surface area contributed by atoms with Crippen LogP contribution in [0.1, 0.15) is 48.9 Å². The maximum absolute atomic E-state index is 13.1. The number of carbonyl (C=O) groups is 2. The molecular formula is C25H34N2O3. The van der Waals surface area contributed by atoms with Gasteiger partial charge < -0.3 is 15.0 Å². The fraction of sp³-hybridized carbons (Fsp3) is 0.440. The van der Waals surface area contributed by atoms with E-state index in [1.807, 2.05) is 63.2 Å². The van der Waals surface area contributed by atoms with Crippen molar-refractivity contribution >= 4 is 11.8 Å². The third-order valence-electron chi connectivity index (χ3n) is 5.28. The summed E-state index contributed by atoms with van der Waals surface area (Å²) >= 11 is 0. The first-order valence-corrected chi connectivity index (χ1v) is 10.6. The molecule has 0 aliphatic heterocycles. The molecule has 2 amide bonds. The minimum Gasteiger partial charge on any atom is -0.483 e. The van der Waals surface area contributed by atoms with E-state index in [0.717, 1.165) is 35.1 Å². The predicted octanol–water partition coefficient (Wildman–Crippen LogP) is 4.32. The number of hydrogen-bond acceptors (Lipinski definition) is 3. The Labute approximate surface area is 180 Å². The molecule has 0 spiro atoms. The highest BCUT2D eigenvalue weighted by molar-refractivity contribution is 5.88. The van der Waals surface area contributed by atoms with Crippen LogP contribution in [0.25, 0.3) is 0 Å². The summed E-state index contributed by atoms with van der Waals surface area (Å²) in [6, 6.07) is 13.2. The third kappa shape index (κ3) is 6.61. The van der Waals surface area contributed by atoms with Crippen LogP contribution in [0, 0.1) is 20.8 Å². The van der Waals surface area contributed by atoms with Crippen LogP contribution in [0.4, 0.5) is 0 Å². The minimum absolute atomic E-state index is 0.109. The van der Waals surface area contributed by atoms with Crippen molar-refractivity contribution in [3.63, 3.8) is 0 Å². The van der Waals surface area contributed by atoms with E-state index < -0.39 is 6.04 Å². The van der Waals surface area contributed by atoms with Crippen molar-refractivity contribution in [2.24, 2.45) is 0 Å². The van der Waals surface area contributed by atoms with Gasteiger partial charge in [-0.15, -0.1) is 0 Å². The highest BCUT2D eigenvalue weighted by Crippen LogP contribution is 2.19. The lowest BCUT2D eigenvalue weighted by Crippen LogP contribution is -2.49. The molecule has 0 bridgehead atoms. The highest BCUT2D eigenvalue weighted by Gasteiger charge is 2.26. The van der Waals surface area contributed by atoms with Crippen LogP contribution in [-0.2, 0) is 16.1 Å². The molecule has 0 fully saturated rings. The smallest absolute Gasteiger partial charge is 0.261 e. The molecule has 0 aromatic heterocycles. The van der Waals surface area contributed by atoms with Gasteiger partial charge in [0.2, 0.25) is 5.91 Å². The van der Waals surface area contributed by atoms with Gasteiger partial charge in [0, 0.05) is 13.1 Å². The lowest BCUT2D eigenvalue weighted by atomic mass is 10.1. The largest absolute Gasteiger partial charge is 0.483 e. The number of ether oxygens (including phenoxy) is 1. The van der Waals surface area contributed by atoms with Crippen molar-refractivity contribution in [3.8, 4) is 5.75 Å². The van der Waals surface area contributed by atoms with Gasteiger partial charge in [-0.2, -0.15) is 0 Å². The van der Waals surface area contributed by atoms with Crippen LogP contribution < -0.4 is 10.1 Å². The Kier molecular flexibility index (Phi) is 8.90. The predicted molar refractivity (Wildman–Crippen MR) is 121 cm³/mol. The molecular weight excluding hydrogens is 376 g/mol. The number of benzene rings is 2. The van der Waals surface area contributed by atoms with Crippen molar-refractivity contribution in [1.29, 1.82) is 0 Å². The number of unbranched alkanes of at least 4 members (excludes halogenated alkanes) is 1. The summed E-state index contributed by atoms with van der Waals surface area (Å²) in [5.41, 5.74) is 4.23. The van der Waals surface area contributed by atoms with Gasteiger partial charge in [-0.25, -0.2) is 0 Å². The molecule has 0 aliphatic carbocycles. The average Bonchev–Trinajstić information content (AvgIpc) is 2.72. The van der Waals surface area contributed by atoms with E-state index in [4.69, 9.17) is 4.74 Å². The second-order valence-corrected chi connectivity index (χ2v) is 7.83. The van der Waals surface area contributed by atoms with Crippen LogP contribution in [0.2, 0.25) is 0 Å². The third-order valence-corrected chi connectivity index (χ3v) is 5.28. The summed E-state index contributed by atoms with van der Waals surface area (Å²) in [7, 11) is 0. The zero-order valence-corrected chi connectivity index (χ0v) is 18.8. The molecule has 1 N–H and O–H groups in total. The molecule has 0 saturated carbocycles. The van der Waals surface area contributed by atoms with Crippen LogP contribution in [0.5, 0.6) is 5.75 Å². The summed E-state index contributed by atoms with van der Waals surface area (Å²) in [5, 5.41) is 2.93. The highest BCUT2D eigenvalue weighted by atomic mass is 16.5. The van der Waals surface area contributed by atoms with E-state index in [1.54, 1.807) is 11.8 Å². The van der Waals surface area contributed by atoms with E-state index >= 15 is 0 Å². The van der Waals surface area contributed by atoms with Crippen LogP contribution >= 0.6 is 0 Å². The van der Waals surface area contributed by atoms with Crippen LogP contribution in [0.15, 0.2) is 42.5 Å². The van der Waals surface area contributed by atoms with E-state index in [9.17, 15) is 9.59 Å². The Morgan fingerprint density at radius 1 is 1.07 bits per heavy atom. The van der Waals surface area contributed by atoms with E-state index in [2.05, 4.69) is 12.2 Å². The molecule has 0 aliphatic rings. The quantitative estimate of drug-likeness (QED) is 0.593. The van der Waals surface area contributed by atoms with Crippen LogP contribution in [0.3, 0.4) is 0 Å². The molecule has 0 radical (unpaired) electrons. The first-order valence-electron chi connectivity index (χ1n) is 10.6. The van der Waals surface area contributed by atoms with Crippen molar-refractivity contribution in [2.45, 2.75) is 60.0 Å². The summed E-state index contributed by atoms with van der Waals surface area (Å²) in [6.07, 6.45) is 1.92. The number of rotatable bonds is 10. The SMILES string of the molecule is CCCCNC(=O)[C@H](C)N(Cc1ccccc1C)C(=O)COc1ccc(C)cc1C.